The number of allylic oxidation sites excluding steroid dienone is 1. The van der Waals surface area contributed by atoms with Gasteiger partial charge in [-0.15, -0.1) is 0 Å². The van der Waals surface area contributed by atoms with Crippen molar-refractivity contribution in [3.05, 3.63) is 68.4 Å². The number of rotatable bonds is 2. The first-order valence-corrected chi connectivity index (χ1v) is 8.87. The summed E-state index contributed by atoms with van der Waals surface area (Å²) in [4.78, 5) is 23.2. The number of benzene rings is 2. The van der Waals surface area contributed by atoms with Crippen LogP contribution in [0.15, 0.2) is 41.1 Å². The number of hydrogen-bond donors (Lipinski definition) is 1. The van der Waals surface area contributed by atoms with Gasteiger partial charge in [0.2, 0.25) is 6.79 Å². The summed E-state index contributed by atoms with van der Waals surface area (Å²) >= 11 is 0. The molecule has 2 aliphatic heterocycles. The Labute approximate surface area is 166 Å². The summed E-state index contributed by atoms with van der Waals surface area (Å²) in [6.07, 6.45) is 1.83. The Morgan fingerprint density at radius 2 is 1.93 bits per heavy atom. The molecule has 0 aromatic heterocycles. The predicted octanol–water partition coefficient (Wildman–Crippen LogP) is 3.40. The van der Waals surface area contributed by atoms with E-state index in [0.717, 1.165) is 11.1 Å². The van der Waals surface area contributed by atoms with Crippen LogP contribution >= 0.6 is 0 Å². The van der Waals surface area contributed by atoms with Gasteiger partial charge in [0.15, 0.2) is 11.5 Å². The maximum atomic E-state index is 12.4. The first-order valence-electron chi connectivity index (χ1n) is 8.87. The van der Waals surface area contributed by atoms with Crippen LogP contribution in [0.5, 0.6) is 11.5 Å². The molecule has 2 aromatic carbocycles. The van der Waals surface area contributed by atoms with Crippen LogP contribution in [-0.2, 0) is 0 Å². The summed E-state index contributed by atoms with van der Waals surface area (Å²) in [6, 6.07) is 8.00. The summed E-state index contributed by atoms with van der Waals surface area (Å²) in [5.41, 5.74) is 3.79. The molecule has 0 aliphatic carbocycles. The highest BCUT2D eigenvalue weighted by Crippen LogP contribution is 2.38. The van der Waals surface area contributed by atoms with Crippen LogP contribution in [0.3, 0.4) is 0 Å². The van der Waals surface area contributed by atoms with Gasteiger partial charge in [0.05, 0.1) is 10.6 Å². The molecule has 4 rings (SSSR count). The van der Waals surface area contributed by atoms with Crippen LogP contribution in [0.2, 0.25) is 0 Å². The third-order valence-electron chi connectivity index (χ3n) is 4.77. The van der Waals surface area contributed by atoms with Gasteiger partial charge >= 0.3 is 6.03 Å². The number of hydrogen-bond acceptors (Lipinski definition) is 6. The summed E-state index contributed by atoms with van der Waals surface area (Å²) in [5.74, 6) is 1.19. The third kappa shape index (κ3) is 3.16. The number of carbonyl (C=O) groups is 1. The van der Waals surface area contributed by atoms with Crippen molar-refractivity contribution in [3.63, 3.8) is 0 Å². The van der Waals surface area contributed by atoms with E-state index in [9.17, 15) is 14.9 Å². The zero-order valence-corrected chi connectivity index (χ0v) is 16.1. The van der Waals surface area contributed by atoms with Crippen molar-refractivity contribution in [1.82, 2.24) is 10.3 Å². The maximum absolute atomic E-state index is 12.4. The molecule has 0 fully saturated rings. The molecular formula is C20H18N4O5. The van der Waals surface area contributed by atoms with Crippen molar-refractivity contribution < 1.29 is 19.2 Å². The van der Waals surface area contributed by atoms with Crippen molar-refractivity contribution in [2.75, 3.05) is 13.8 Å². The topological polar surface area (TPSA) is 106 Å². The van der Waals surface area contributed by atoms with Gasteiger partial charge in [0.1, 0.15) is 0 Å². The molecule has 0 saturated heterocycles. The summed E-state index contributed by atoms with van der Waals surface area (Å²) in [7, 11) is 1.52. The molecule has 2 aromatic rings. The van der Waals surface area contributed by atoms with Gasteiger partial charge in [-0.1, -0.05) is 0 Å². The number of nitrogens with one attached hydrogen (secondary N) is 1. The van der Waals surface area contributed by atoms with Crippen LogP contribution in [-0.4, -0.2) is 35.5 Å². The van der Waals surface area contributed by atoms with E-state index in [0.29, 0.717) is 34.0 Å². The number of nitrogens with zero attached hydrogens (tertiary/aromatic N) is 3. The van der Waals surface area contributed by atoms with Crippen LogP contribution < -0.4 is 14.8 Å². The minimum atomic E-state index is -0.428. The fraction of sp³-hybridized carbons (Fsp3) is 0.200. The SMILES string of the molecule is CNC(=O)N1N=C(c2ccc([N+](=O)[O-])c(C)c2)c2cc3c(cc2C=C1C)OCO3. The minimum absolute atomic E-state index is 0.0198. The molecule has 0 atom stereocenters. The molecule has 2 amide bonds. The number of nitro groups is 1. The highest BCUT2D eigenvalue weighted by atomic mass is 16.7. The average molecular weight is 394 g/mol. The van der Waals surface area contributed by atoms with Crippen molar-refractivity contribution in [2.24, 2.45) is 5.10 Å². The van der Waals surface area contributed by atoms with Gasteiger partial charge in [0, 0.05) is 35.5 Å². The van der Waals surface area contributed by atoms with Crippen LogP contribution in [0.25, 0.3) is 6.08 Å². The van der Waals surface area contributed by atoms with E-state index in [-0.39, 0.29) is 12.5 Å². The number of ether oxygens (including phenoxy) is 2. The first-order chi connectivity index (χ1) is 13.9. The molecule has 0 unspecified atom stereocenters. The lowest BCUT2D eigenvalue weighted by atomic mass is 9.95. The highest BCUT2D eigenvalue weighted by molar-refractivity contribution is 6.16. The second-order valence-corrected chi connectivity index (χ2v) is 6.65. The monoisotopic (exact) mass is 394 g/mol. The molecule has 9 heteroatoms. The number of nitro benzene ring substituents is 1. The Balaban J connectivity index is 1.94. The molecule has 0 saturated carbocycles. The molecule has 0 spiro atoms. The summed E-state index contributed by atoms with van der Waals surface area (Å²) in [5, 5.41) is 19.6. The van der Waals surface area contributed by atoms with Crippen molar-refractivity contribution >= 4 is 23.5 Å². The quantitative estimate of drug-likeness (QED) is 0.621. The molecule has 0 radical (unpaired) electrons. The summed E-state index contributed by atoms with van der Waals surface area (Å²) < 4.78 is 11.0. The number of urea groups is 1. The van der Waals surface area contributed by atoms with E-state index in [1.807, 2.05) is 18.2 Å². The normalized spacial score (nSPS) is 14.5. The lowest BCUT2D eigenvalue weighted by Crippen LogP contribution is -2.33. The van der Waals surface area contributed by atoms with Crippen molar-refractivity contribution in [2.45, 2.75) is 13.8 Å². The molecule has 148 valence electrons. The Morgan fingerprint density at radius 3 is 2.59 bits per heavy atom. The van der Waals surface area contributed by atoms with E-state index < -0.39 is 11.0 Å². The fourth-order valence-electron chi connectivity index (χ4n) is 3.33. The van der Waals surface area contributed by atoms with Gasteiger partial charge in [-0.2, -0.15) is 10.1 Å². The first kappa shape index (κ1) is 18.5. The fourth-order valence-corrected chi connectivity index (χ4v) is 3.33. The van der Waals surface area contributed by atoms with Gasteiger partial charge in [-0.05, 0) is 49.8 Å². The average Bonchev–Trinajstić information content (AvgIpc) is 3.09. The second kappa shape index (κ2) is 6.93. The van der Waals surface area contributed by atoms with E-state index in [2.05, 4.69) is 10.4 Å². The van der Waals surface area contributed by atoms with Crippen molar-refractivity contribution in [3.8, 4) is 11.5 Å². The summed E-state index contributed by atoms with van der Waals surface area (Å²) in [6.45, 7) is 3.57. The van der Waals surface area contributed by atoms with Gasteiger partial charge in [-0.3, -0.25) is 10.1 Å². The predicted molar refractivity (Wildman–Crippen MR) is 106 cm³/mol. The van der Waals surface area contributed by atoms with Gasteiger partial charge < -0.3 is 14.8 Å². The Morgan fingerprint density at radius 1 is 1.21 bits per heavy atom. The number of carbonyl (C=O) groups excluding carboxylic acids is 1. The molecule has 29 heavy (non-hydrogen) atoms. The highest BCUT2D eigenvalue weighted by Gasteiger charge is 2.26. The van der Waals surface area contributed by atoms with E-state index in [4.69, 9.17) is 9.47 Å². The van der Waals surface area contributed by atoms with Gasteiger partial charge in [0.25, 0.3) is 5.69 Å². The Hall–Kier alpha value is -3.88. The number of hydrazone groups is 1. The Bertz CT molecular complexity index is 1110. The van der Waals surface area contributed by atoms with Crippen LogP contribution in [0.1, 0.15) is 29.2 Å². The number of amides is 2. The van der Waals surface area contributed by atoms with Crippen LogP contribution in [0.4, 0.5) is 10.5 Å². The number of aryl methyl sites for hydroxylation is 1. The molecule has 1 N–H and O–H groups in total. The number of fused-ring (bicyclic) bond motifs is 2. The zero-order chi connectivity index (χ0) is 20.7. The standard InChI is InChI=1S/C20H18N4O5/c1-11-6-13(4-5-16(11)24(26)27)19-15-9-18-17(28-10-29-18)8-14(15)7-12(2)23(22-19)20(25)21-3/h4-9H,10H2,1-3H3,(H,21,25). The Kier molecular flexibility index (Phi) is 4.42. The smallest absolute Gasteiger partial charge is 0.342 e. The lowest BCUT2D eigenvalue weighted by molar-refractivity contribution is -0.385. The van der Waals surface area contributed by atoms with E-state index in [1.165, 1.54) is 18.1 Å². The molecule has 2 heterocycles. The van der Waals surface area contributed by atoms with Gasteiger partial charge in [-0.25, -0.2) is 4.79 Å². The van der Waals surface area contributed by atoms with Crippen molar-refractivity contribution in [1.29, 1.82) is 0 Å². The lowest BCUT2D eigenvalue weighted by Gasteiger charge is -2.17. The molecule has 9 nitrogen and oxygen atoms in total. The third-order valence-corrected chi connectivity index (χ3v) is 4.77. The zero-order valence-electron chi connectivity index (χ0n) is 16.1. The molecule has 0 bridgehead atoms. The van der Waals surface area contributed by atoms with E-state index >= 15 is 0 Å². The van der Waals surface area contributed by atoms with E-state index in [1.54, 1.807) is 26.0 Å². The molecular weight excluding hydrogens is 376 g/mol. The molecule has 2 aliphatic rings. The van der Waals surface area contributed by atoms with Crippen LogP contribution in [0, 0.1) is 17.0 Å². The minimum Gasteiger partial charge on any atom is -0.454 e. The largest absolute Gasteiger partial charge is 0.454 e. The maximum Gasteiger partial charge on any atom is 0.342 e. The second-order valence-electron chi connectivity index (χ2n) is 6.65.